The molecule has 6 rings (SSSR count). The van der Waals surface area contributed by atoms with Crippen LogP contribution in [0.5, 0.6) is 0 Å². The number of aromatic nitrogens is 6. The van der Waals surface area contributed by atoms with Gasteiger partial charge < -0.3 is 16.2 Å². The molecule has 0 spiro atoms. The number of hydrogen-bond acceptors (Lipinski definition) is 11. The molecule has 224 valence electrons. The first-order valence-electron chi connectivity index (χ1n) is 13.1. The Morgan fingerprint density at radius 1 is 1.18 bits per heavy atom. The molecule has 2 unspecified atom stereocenters. The Kier molecular flexibility index (Phi) is 7.64. The highest BCUT2D eigenvalue weighted by Crippen LogP contribution is 2.48. The van der Waals surface area contributed by atoms with E-state index in [1.165, 1.54) is 39.3 Å². The SMILES string of the molecule is Cn1nnnc1SCC1=C(C(=O)O)N2C(=O)C(c3ccc4ncc(C(=O)NC(C(N)=O)c5ccccc5)c(=O)n4c3)[C@@H]2SC1. The second-order valence-electron chi connectivity index (χ2n) is 9.91. The number of pyridine rings is 1. The summed E-state index contributed by atoms with van der Waals surface area (Å²) < 4.78 is 2.63. The van der Waals surface area contributed by atoms with Crippen LogP contribution in [-0.4, -0.2) is 80.2 Å². The average molecular weight is 634 g/mol. The molecule has 3 amide bonds. The fraction of sp³-hybridized carbons (Fsp3) is 0.222. The lowest BCUT2D eigenvalue weighted by Gasteiger charge is -2.49. The second kappa shape index (κ2) is 11.6. The Labute approximate surface area is 256 Å². The molecule has 2 aliphatic heterocycles. The standard InChI is InChI=1S/C27H23N9O6S2/c1-34-27(31-32-33-34)44-12-15-11-43-25-18(24(40)36(25)20(15)26(41)42)14-7-8-17-29-9-16(23(39)35(17)10-14)22(38)30-19(21(28)37)13-5-3-2-4-6-13/h2-10,18-19,25H,11-12H2,1H3,(H2,28,37)(H,30,38)(H,41,42)/t18?,19?,25-/m0/s1. The molecule has 3 atom stereocenters. The van der Waals surface area contributed by atoms with Crippen LogP contribution >= 0.6 is 23.5 Å². The minimum absolute atomic E-state index is 0.0707. The van der Waals surface area contributed by atoms with Crippen LogP contribution in [0.4, 0.5) is 0 Å². The number of rotatable bonds is 9. The molecule has 0 aliphatic carbocycles. The summed E-state index contributed by atoms with van der Waals surface area (Å²) in [5, 5.41) is 23.8. The third kappa shape index (κ3) is 5.09. The minimum atomic E-state index is -1.21. The fourth-order valence-electron chi connectivity index (χ4n) is 5.07. The van der Waals surface area contributed by atoms with Crippen LogP contribution in [0.3, 0.4) is 0 Å². The van der Waals surface area contributed by atoms with Crippen molar-refractivity contribution in [2.45, 2.75) is 22.5 Å². The monoisotopic (exact) mass is 633 g/mol. The highest BCUT2D eigenvalue weighted by molar-refractivity contribution is 8.01. The molecule has 44 heavy (non-hydrogen) atoms. The molecule has 1 saturated heterocycles. The molecule has 0 bridgehead atoms. The highest BCUT2D eigenvalue weighted by Gasteiger charge is 2.54. The Balaban J connectivity index is 1.26. The zero-order valence-electron chi connectivity index (χ0n) is 22.9. The Morgan fingerprint density at radius 3 is 2.64 bits per heavy atom. The number of tetrazole rings is 1. The van der Waals surface area contributed by atoms with E-state index in [1.54, 1.807) is 49.5 Å². The molecule has 3 aromatic heterocycles. The number of β-lactam (4-membered cyclic amide) rings is 1. The third-order valence-corrected chi connectivity index (χ3v) is 9.66. The van der Waals surface area contributed by atoms with E-state index in [1.807, 2.05) is 0 Å². The molecule has 17 heteroatoms. The number of fused-ring (bicyclic) bond motifs is 2. The number of carboxylic acids is 1. The number of aliphatic carboxylic acids is 1. The molecule has 15 nitrogen and oxygen atoms in total. The number of amides is 3. The molecule has 1 fully saturated rings. The van der Waals surface area contributed by atoms with Gasteiger partial charge in [-0.1, -0.05) is 48.2 Å². The summed E-state index contributed by atoms with van der Waals surface area (Å²) in [4.78, 5) is 69.8. The summed E-state index contributed by atoms with van der Waals surface area (Å²) in [5.74, 6) is -3.36. The van der Waals surface area contributed by atoms with Crippen molar-refractivity contribution in [2.75, 3.05) is 11.5 Å². The van der Waals surface area contributed by atoms with Crippen molar-refractivity contribution in [2.24, 2.45) is 12.8 Å². The number of aryl methyl sites for hydroxylation is 1. The van der Waals surface area contributed by atoms with Gasteiger partial charge in [-0.15, -0.1) is 16.9 Å². The predicted molar refractivity (Wildman–Crippen MR) is 157 cm³/mol. The van der Waals surface area contributed by atoms with E-state index in [4.69, 9.17) is 5.73 Å². The van der Waals surface area contributed by atoms with Crippen molar-refractivity contribution in [3.8, 4) is 0 Å². The van der Waals surface area contributed by atoms with Crippen LogP contribution in [0.15, 0.2) is 76.1 Å². The van der Waals surface area contributed by atoms with Gasteiger partial charge in [-0.2, -0.15) is 0 Å². The van der Waals surface area contributed by atoms with Crippen molar-refractivity contribution in [3.63, 3.8) is 0 Å². The van der Waals surface area contributed by atoms with Gasteiger partial charge in [-0.25, -0.2) is 14.5 Å². The maximum atomic E-state index is 13.4. The van der Waals surface area contributed by atoms with Crippen molar-refractivity contribution in [1.82, 2.24) is 39.8 Å². The van der Waals surface area contributed by atoms with Crippen LogP contribution < -0.4 is 16.6 Å². The largest absolute Gasteiger partial charge is 0.477 e. The van der Waals surface area contributed by atoms with Crippen LogP contribution in [0.1, 0.15) is 33.4 Å². The second-order valence-corrected chi connectivity index (χ2v) is 12.0. The third-order valence-electron chi connectivity index (χ3n) is 7.23. The molecule has 4 N–H and O–H groups in total. The van der Waals surface area contributed by atoms with E-state index < -0.39 is 46.6 Å². The van der Waals surface area contributed by atoms with Crippen LogP contribution in [0.25, 0.3) is 5.65 Å². The molecule has 2 aliphatic rings. The summed E-state index contributed by atoms with van der Waals surface area (Å²) in [7, 11) is 1.67. The zero-order valence-corrected chi connectivity index (χ0v) is 24.5. The Bertz CT molecular complexity index is 1930. The number of thioether (sulfide) groups is 2. The van der Waals surface area contributed by atoms with Crippen LogP contribution in [0, 0.1) is 0 Å². The fourth-order valence-corrected chi connectivity index (χ4v) is 7.49. The summed E-state index contributed by atoms with van der Waals surface area (Å²) in [5.41, 5.74) is 6.10. The number of nitrogens with zero attached hydrogens (tertiary/aromatic N) is 7. The van der Waals surface area contributed by atoms with Gasteiger partial charge in [-0.05, 0) is 33.2 Å². The summed E-state index contributed by atoms with van der Waals surface area (Å²) in [6.45, 7) is 0. The molecule has 1 aromatic carbocycles. The van der Waals surface area contributed by atoms with E-state index >= 15 is 0 Å². The van der Waals surface area contributed by atoms with Gasteiger partial charge in [0.1, 0.15) is 22.9 Å². The van der Waals surface area contributed by atoms with E-state index in [2.05, 4.69) is 25.8 Å². The smallest absolute Gasteiger partial charge is 0.352 e. The number of carboxylic acid groups (broad SMARTS) is 1. The van der Waals surface area contributed by atoms with Gasteiger partial charge in [-0.3, -0.25) is 28.5 Å². The zero-order chi connectivity index (χ0) is 31.1. The Morgan fingerprint density at radius 2 is 1.95 bits per heavy atom. The van der Waals surface area contributed by atoms with E-state index in [9.17, 15) is 29.1 Å². The molecular weight excluding hydrogens is 610 g/mol. The maximum Gasteiger partial charge on any atom is 0.352 e. The van der Waals surface area contributed by atoms with E-state index in [0.717, 1.165) is 10.6 Å². The van der Waals surface area contributed by atoms with Crippen LogP contribution in [0.2, 0.25) is 0 Å². The van der Waals surface area contributed by atoms with Crippen molar-refractivity contribution >= 4 is 52.9 Å². The highest BCUT2D eigenvalue weighted by atomic mass is 32.2. The normalized spacial score (nSPS) is 18.5. The number of carbonyl (C=O) groups is 4. The molecule has 4 aromatic rings. The Hall–Kier alpha value is -5.03. The van der Waals surface area contributed by atoms with Crippen molar-refractivity contribution in [1.29, 1.82) is 0 Å². The lowest BCUT2D eigenvalue weighted by Crippen LogP contribution is -2.60. The molecule has 0 saturated carbocycles. The van der Waals surface area contributed by atoms with Gasteiger partial charge in [0, 0.05) is 30.9 Å². The molecular formula is C27H23N9O6S2. The first kappa shape index (κ1) is 29.1. The first-order valence-corrected chi connectivity index (χ1v) is 15.1. The van der Waals surface area contributed by atoms with Crippen LogP contribution in [-0.2, 0) is 21.4 Å². The summed E-state index contributed by atoms with van der Waals surface area (Å²) in [6, 6.07) is 10.4. The number of nitrogens with two attached hydrogens (primary N) is 1. The number of hydrogen-bond donors (Lipinski definition) is 3. The van der Waals surface area contributed by atoms with Gasteiger partial charge in [0.25, 0.3) is 11.5 Å². The number of carbonyl (C=O) groups excluding carboxylic acids is 3. The topological polar surface area (TPSA) is 208 Å². The molecule has 5 heterocycles. The minimum Gasteiger partial charge on any atom is -0.477 e. The first-order chi connectivity index (χ1) is 21.2. The van der Waals surface area contributed by atoms with E-state index in [0.29, 0.717) is 27.6 Å². The molecule has 0 radical (unpaired) electrons. The van der Waals surface area contributed by atoms with Gasteiger partial charge in [0.2, 0.25) is 17.0 Å². The predicted octanol–water partition coefficient (Wildman–Crippen LogP) is 0.304. The van der Waals surface area contributed by atoms with Crippen molar-refractivity contribution in [3.05, 3.63) is 93.2 Å². The van der Waals surface area contributed by atoms with Gasteiger partial charge >= 0.3 is 5.97 Å². The lowest BCUT2D eigenvalue weighted by molar-refractivity contribution is -0.148. The van der Waals surface area contributed by atoms with E-state index in [-0.39, 0.29) is 22.7 Å². The number of benzene rings is 1. The number of nitrogens with one attached hydrogen (secondary N) is 1. The quantitative estimate of drug-likeness (QED) is 0.168. The van der Waals surface area contributed by atoms with Crippen molar-refractivity contribution < 1.29 is 24.3 Å². The maximum absolute atomic E-state index is 13.4. The summed E-state index contributed by atoms with van der Waals surface area (Å²) in [6.07, 6.45) is 2.55. The van der Waals surface area contributed by atoms with Gasteiger partial charge in [0.05, 0.1) is 11.3 Å². The number of primary amides is 1. The lowest BCUT2D eigenvalue weighted by atomic mass is 9.89. The average Bonchev–Trinajstić information content (AvgIpc) is 3.43. The summed E-state index contributed by atoms with van der Waals surface area (Å²) >= 11 is 2.69. The van der Waals surface area contributed by atoms with Gasteiger partial charge in [0.15, 0.2) is 0 Å².